The first kappa shape index (κ1) is 17.2. The minimum Gasteiger partial charge on any atom is -0.381 e. The second kappa shape index (κ2) is 7.52. The zero-order valence-electron chi connectivity index (χ0n) is 15.0. The molecular formula is C21H28N2S. The van der Waals surface area contributed by atoms with Crippen molar-refractivity contribution in [3.8, 4) is 0 Å². The van der Waals surface area contributed by atoms with Crippen molar-refractivity contribution < 1.29 is 0 Å². The summed E-state index contributed by atoms with van der Waals surface area (Å²) in [4.78, 5) is 2.48. The van der Waals surface area contributed by atoms with Crippen LogP contribution in [0.25, 0.3) is 0 Å². The van der Waals surface area contributed by atoms with Gasteiger partial charge in [0.25, 0.3) is 0 Å². The van der Waals surface area contributed by atoms with Crippen LogP contribution < -0.4 is 10.2 Å². The third-order valence-corrected chi connectivity index (χ3v) is 5.50. The molecule has 1 aliphatic rings. The normalized spacial score (nSPS) is 15.4. The molecular weight excluding hydrogens is 312 g/mol. The van der Waals surface area contributed by atoms with E-state index >= 15 is 0 Å². The number of hydrogen-bond acceptors (Lipinski definition) is 3. The fourth-order valence-corrected chi connectivity index (χ4v) is 3.84. The van der Waals surface area contributed by atoms with Crippen LogP contribution in [0.2, 0.25) is 0 Å². The van der Waals surface area contributed by atoms with Crippen LogP contribution in [0.1, 0.15) is 31.9 Å². The van der Waals surface area contributed by atoms with E-state index in [9.17, 15) is 0 Å². The van der Waals surface area contributed by atoms with Crippen LogP contribution >= 0.6 is 11.8 Å². The summed E-state index contributed by atoms with van der Waals surface area (Å²) in [5, 5.41) is 3.53. The highest BCUT2D eigenvalue weighted by atomic mass is 32.2. The van der Waals surface area contributed by atoms with Gasteiger partial charge in [-0.25, -0.2) is 0 Å². The SMILES string of the molecule is CC(C)(C)c1ccc(CNc2ccc(N3CCSCC3)cc2)cc1. The lowest BCUT2D eigenvalue weighted by Crippen LogP contribution is -2.32. The smallest absolute Gasteiger partial charge is 0.0400 e. The molecule has 1 heterocycles. The van der Waals surface area contributed by atoms with Gasteiger partial charge in [0.05, 0.1) is 0 Å². The zero-order chi connectivity index (χ0) is 17.0. The number of rotatable bonds is 4. The molecule has 2 aromatic carbocycles. The molecule has 3 rings (SSSR count). The third-order valence-electron chi connectivity index (χ3n) is 4.56. The fourth-order valence-electron chi connectivity index (χ4n) is 2.94. The Kier molecular flexibility index (Phi) is 5.40. The molecule has 24 heavy (non-hydrogen) atoms. The highest BCUT2D eigenvalue weighted by molar-refractivity contribution is 7.99. The lowest BCUT2D eigenvalue weighted by atomic mass is 9.87. The molecule has 0 atom stereocenters. The quantitative estimate of drug-likeness (QED) is 0.828. The third kappa shape index (κ3) is 4.47. The van der Waals surface area contributed by atoms with Gasteiger partial charge in [0.2, 0.25) is 0 Å². The summed E-state index contributed by atoms with van der Waals surface area (Å²) in [5.74, 6) is 2.48. The fraction of sp³-hybridized carbons (Fsp3) is 0.429. The van der Waals surface area contributed by atoms with Crippen molar-refractivity contribution in [3.63, 3.8) is 0 Å². The number of nitrogens with zero attached hydrogens (tertiary/aromatic N) is 1. The summed E-state index contributed by atoms with van der Waals surface area (Å²) in [6, 6.07) is 17.8. The van der Waals surface area contributed by atoms with Crippen molar-refractivity contribution in [1.82, 2.24) is 0 Å². The van der Waals surface area contributed by atoms with Gasteiger partial charge in [-0.2, -0.15) is 11.8 Å². The number of benzene rings is 2. The van der Waals surface area contributed by atoms with E-state index in [0.29, 0.717) is 0 Å². The molecule has 2 aromatic rings. The van der Waals surface area contributed by atoms with Gasteiger partial charge >= 0.3 is 0 Å². The van der Waals surface area contributed by atoms with E-state index in [1.165, 1.54) is 34.0 Å². The largest absolute Gasteiger partial charge is 0.381 e. The van der Waals surface area contributed by atoms with Crippen LogP contribution in [0.4, 0.5) is 11.4 Å². The molecule has 0 radical (unpaired) electrons. The van der Waals surface area contributed by atoms with E-state index < -0.39 is 0 Å². The van der Waals surface area contributed by atoms with Gasteiger partial charge in [-0.3, -0.25) is 0 Å². The van der Waals surface area contributed by atoms with E-state index in [1.54, 1.807) is 0 Å². The molecule has 0 aromatic heterocycles. The molecule has 1 aliphatic heterocycles. The van der Waals surface area contributed by atoms with Gasteiger partial charge in [0, 0.05) is 42.5 Å². The number of nitrogens with one attached hydrogen (secondary N) is 1. The molecule has 0 amide bonds. The van der Waals surface area contributed by atoms with Crippen LogP contribution in [0, 0.1) is 0 Å². The van der Waals surface area contributed by atoms with E-state index in [1.807, 2.05) is 0 Å². The second-order valence-electron chi connectivity index (χ2n) is 7.45. The summed E-state index contributed by atoms with van der Waals surface area (Å²) < 4.78 is 0. The van der Waals surface area contributed by atoms with Crippen LogP contribution in [0.5, 0.6) is 0 Å². The average Bonchev–Trinajstić information content (AvgIpc) is 2.61. The van der Waals surface area contributed by atoms with Gasteiger partial charge in [-0.1, -0.05) is 45.0 Å². The number of hydrogen-bond donors (Lipinski definition) is 1. The topological polar surface area (TPSA) is 15.3 Å². The van der Waals surface area contributed by atoms with Crippen molar-refractivity contribution in [2.45, 2.75) is 32.7 Å². The predicted molar refractivity (Wildman–Crippen MR) is 108 cm³/mol. The Morgan fingerprint density at radius 1 is 0.917 bits per heavy atom. The molecule has 2 nitrogen and oxygen atoms in total. The molecule has 0 unspecified atom stereocenters. The average molecular weight is 341 g/mol. The first-order chi connectivity index (χ1) is 11.5. The Morgan fingerprint density at radius 2 is 1.54 bits per heavy atom. The lowest BCUT2D eigenvalue weighted by molar-refractivity contribution is 0.590. The highest BCUT2D eigenvalue weighted by Crippen LogP contribution is 2.23. The molecule has 1 N–H and O–H groups in total. The molecule has 0 aliphatic carbocycles. The van der Waals surface area contributed by atoms with Crippen molar-refractivity contribution >= 4 is 23.1 Å². The molecule has 0 saturated carbocycles. The second-order valence-corrected chi connectivity index (χ2v) is 8.67. The number of thioether (sulfide) groups is 1. The maximum atomic E-state index is 3.53. The van der Waals surface area contributed by atoms with Gasteiger partial charge in [-0.05, 0) is 40.8 Å². The first-order valence-corrected chi connectivity index (χ1v) is 9.94. The highest BCUT2D eigenvalue weighted by Gasteiger charge is 2.13. The monoisotopic (exact) mass is 340 g/mol. The van der Waals surface area contributed by atoms with E-state index in [4.69, 9.17) is 0 Å². The van der Waals surface area contributed by atoms with Crippen molar-refractivity contribution in [2.24, 2.45) is 0 Å². The van der Waals surface area contributed by atoms with Crippen LogP contribution in [0.3, 0.4) is 0 Å². The Morgan fingerprint density at radius 3 is 2.12 bits per heavy atom. The predicted octanol–water partition coefficient (Wildman–Crippen LogP) is 5.15. The van der Waals surface area contributed by atoms with Crippen molar-refractivity contribution in [2.75, 3.05) is 34.8 Å². The summed E-state index contributed by atoms with van der Waals surface area (Å²) in [5.41, 5.74) is 5.45. The standard InChI is InChI=1S/C21H28N2S/c1-21(2,3)18-6-4-17(5-7-18)16-22-19-8-10-20(11-9-19)23-12-14-24-15-13-23/h4-11,22H,12-16H2,1-3H3. The van der Waals surface area contributed by atoms with Gasteiger partial charge in [0.15, 0.2) is 0 Å². The molecule has 1 saturated heterocycles. The summed E-state index contributed by atoms with van der Waals surface area (Å²) in [6.45, 7) is 9.95. The minimum absolute atomic E-state index is 0.217. The number of anilines is 2. The first-order valence-electron chi connectivity index (χ1n) is 8.78. The summed E-state index contributed by atoms with van der Waals surface area (Å²) >= 11 is 2.05. The van der Waals surface area contributed by atoms with Crippen molar-refractivity contribution in [1.29, 1.82) is 0 Å². The van der Waals surface area contributed by atoms with Crippen molar-refractivity contribution in [3.05, 3.63) is 59.7 Å². The van der Waals surface area contributed by atoms with Gasteiger partial charge in [0.1, 0.15) is 0 Å². The van der Waals surface area contributed by atoms with Gasteiger partial charge < -0.3 is 10.2 Å². The maximum absolute atomic E-state index is 3.53. The van der Waals surface area contributed by atoms with Crippen LogP contribution in [-0.2, 0) is 12.0 Å². The Labute approximate surface area is 150 Å². The van der Waals surface area contributed by atoms with E-state index in [0.717, 1.165) is 19.6 Å². The summed E-state index contributed by atoms with van der Waals surface area (Å²) in [6.07, 6.45) is 0. The molecule has 1 fully saturated rings. The van der Waals surface area contributed by atoms with Crippen LogP contribution in [0.15, 0.2) is 48.5 Å². The van der Waals surface area contributed by atoms with E-state index in [2.05, 4.69) is 91.3 Å². The lowest BCUT2D eigenvalue weighted by Gasteiger charge is -2.28. The Bertz CT molecular complexity index is 635. The Hall–Kier alpha value is -1.61. The van der Waals surface area contributed by atoms with E-state index in [-0.39, 0.29) is 5.41 Å². The maximum Gasteiger partial charge on any atom is 0.0400 e. The minimum atomic E-state index is 0.217. The van der Waals surface area contributed by atoms with Gasteiger partial charge in [-0.15, -0.1) is 0 Å². The molecule has 128 valence electrons. The summed E-state index contributed by atoms with van der Waals surface area (Å²) in [7, 11) is 0. The molecule has 3 heteroatoms. The Balaban J connectivity index is 1.56. The zero-order valence-corrected chi connectivity index (χ0v) is 15.8. The molecule has 0 spiro atoms. The van der Waals surface area contributed by atoms with Crippen LogP contribution in [-0.4, -0.2) is 24.6 Å². The molecule has 0 bridgehead atoms.